The fourth-order valence-electron chi connectivity index (χ4n) is 2.89. The quantitative estimate of drug-likeness (QED) is 0.346. The molecule has 170 valence electrons. The molecule has 0 bridgehead atoms. The summed E-state index contributed by atoms with van der Waals surface area (Å²) in [6.45, 7) is 0. The molecular weight excluding hydrogens is 495 g/mol. The van der Waals surface area contributed by atoms with Crippen LogP contribution in [0.25, 0.3) is 21.8 Å². The van der Waals surface area contributed by atoms with Gasteiger partial charge in [0.15, 0.2) is 16.1 Å². The molecule has 2 aromatic heterocycles. The van der Waals surface area contributed by atoms with E-state index in [0.717, 1.165) is 24.3 Å². The third-order valence-electron chi connectivity index (χ3n) is 4.40. The van der Waals surface area contributed by atoms with Crippen molar-refractivity contribution >= 4 is 44.7 Å². The highest BCUT2D eigenvalue weighted by molar-refractivity contribution is 7.86. The first-order valence-electron chi connectivity index (χ1n) is 9.34. The van der Waals surface area contributed by atoms with Crippen LogP contribution in [0.4, 0.5) is 24.0 Å². The first-order chi connectivity index (χ1) is 15.7. The molecule has 4 aromatic rings. The Morgan fingerprint density at radius 3 is 2.42 bits per heavy atom. The van der Waals surface area contributed by atoms with Gasteiger partial charge in [0.05, 0.1) is 22.0 Å². The lowest BCUT2D eigenvalue weighted by Crippen LogP contribution is -2.10. The van der Waals surface area contributed by atoms with Gasteiger partial charge in [0.2, 0.25) is 5.28 Å². The Morgan fingerprint density at radius 2 is 1.76 bits per heavy atom. The largest absolute Gasteiger partial charge is 0.354 e. The third kappa shape index (κ3) is 4.85. The van der Waals surface area contributed by atoms with Gasteiger partial charge in [0.25, 0.3) is 0 Å². The highest BCUT2D eigenvalue weighted by Gasteiger charge is 2.21. The van der Waals surface area contributed by atoms with E-state index in [1.165, 1.54) is 29.7 Å². The second kappa shape index (κ2) is 9.46. The molecule has 1 N–H and O–H groups in total. The van der Waals surface area contributed by atoms with Gasteiger partial charge in [-0.2, -0.15) is 0 Å². The highest BCUT2D eigenvalue weighted by atomic mass is 35.5. The molecule has 0 saturated heterocycles. The van der Waals surface area contributed by atoms with Gasteiger partial charge in [-0.15, -0.1) is 0 Å². The number of benzene rings is 2. The van der Waals surface area contributed by atoms with Crippen LogP contribution >= 0.6 is 22.9 Å². The van der Waals surface area contributed by atoms with E-state index in [2.05, 4.69) is 19.7 Å². The van der Waals surface area contributed by atoms with E-state index < -0.39 is 33.3 Å². The molecule has 12 heteroatoms. The maximum absolute atomic E-state index is 14.5. The molecule has 0 radical (unpaired) electrons. The minimum Gasteiger partial charge on any atom is -0.354 e. The van der Waals surface area contributed by atoms with Crippen molar-refractivity contribution in [2.45, 2.75) is 4.90 Å². The minimum absolute atomic E-state index is 0.0574. The predicted octanol–water partition coefficient (Wildman–Crippen LogP) is 5.54. The van der Waals surface area contributed by atoms with Crippen molar-refractivity contribution in [1.29, 1.82) is 0 Å². The standard InChI is InChI=1S/C21H15ClF3N5OS2/c1-30(2)21-28-17(18(32-21)15-8-9-26-20(22)27-15)11-6-7-12(23)16(10-11)29-33(31)19-13(24)4-3-5-14(19)25/h3-10,29H,1-2H3. The van der Waals surface area contributed by atoms with Crippen molar-refractivity contribution < 1.29 is 17.4 Å². The number of halogens is 4. The lowest BCUT2D eigenvalue weighted by Gasteiger charge is -2.11. The summed E-state index contributed by atoms with van der Waals surface area (Å²) < 4.78 is 57.4. The number of nitrogens with one attached hydrogen (secondary N) is 1. The lowest BCUT2D eigenvalue weighted by atomic mass is 10.1. The van der Waals surface area contributed by atoms with Crippen LogP contribution in [0.1, 0.15) is 0 Å². The van der Waals surface area contributed by atoms with Crippen LogP contribution in [0.3, 0.4) is 0 Å². The Kier molecular flexibility index (Phi) is 6.63. The summed E-state index contributed by atoms with van der Waals surface area (Å²) in [7, 11) is 1.26. The Hall–Kier alpha value is -3.02. The number of anilines is 2. The summed E-state index contributed by atoms with van der Waals surface area (Å²) in [5.74, 6) is -2.76. The number of hydrogen-bond acceptors (Lipinski definition) is 6. The fourth-order valence-corrected chi connectivity index (χ4v) is 4.97. The molecule has 2 aromatic carbocycles. The van der Waals surface area contributed by atoms with Crippen molar-refractivity contribution in [3.05, 3.63) is 71.4 Å². The van der Waals surface area contributed by atoms with Crippen LogP contribution in [-0.4, -0.2) is 33.3 Å². The van der Waals surface area contributed by atoms with E-state index in [1.54, 1.807) is 11.0 Å². The van der Waals surface area contributed by atoms with E-state index in [-0.39, 0.29) is 11.0 Å². The Bertz CT molecular complexity index is 1350. The second-order valence-corrected chi connectivity index (χ2v) is 9.36. The Morgan fingerprint density at radius 1 is 1.03 bits per heavy atom. The molecular formula is C21H15ClF3N5OS2. The van der Waals surface area contributed by atoms with Crippen LogP contribution in [0, 0.1) is 17.5 Å². The highest BCUT2D eigenvalue weighted by Crippen LogP contribution is 2.40. The van der Waals surface area contributed by atoms with Gasteiger partial charge in [-0.25, -0.2) is 32.3 Å². The molecule has 0 spiro atoms. The molecule has 1 atom stereocenters. The summed E-state index contributed by atoms with van der Waals surface area (Å²) in [6.07, 6.45) is 1.51. The molecule has 33 heavy (non-hydrogen) atoms. The summed E-state index contributed by atoms with van der Waals surface area (Å²) in [5, 5.41) is 0.715. The maximum atomic E-state index is 14.5. The van der Waals surface area contributed by atoms with Gasteiger partial charge in [0.1, 0.15) is 22.3 Å². The van der Waals surface area contributed by atoms with Crippen LogP contribution < -0.4 is 9.62 Å². The van der Waals surface area contributed by atoms with Crippen molar-refractivity contribution in [3.8, 4) is 21.8 Å². The first kappa shape index (κ1) is 23.1. The summed E-state index contributed by atoms with van der Waals surface area (Å²) >= 11 is 7.29. The SMILES string of the molecule is CN(C)c1nc(-c2ccc(F)c(NS(=O)c3c(F)cccc3F)c2)c(-c2ccnc(Cl)n2)s1. The molecule has 0 amide bonds. The lowest BCUT2D eigenvalue weighted by molar-refractivity contribution is 0.535. The smallest absolute Gasteiger partial charge is 0.222 e. The zero-order valence-electron chi connectivity index (χ0n) is 17.1. The number of hydrogen-bond donors (Lipinski definition) is 1. The van der Waals surface area contributed by atoms with Gasteiger partial charge in [-0.3, -0.25) is 4.72 Å². The van der Waals surface area contributed by atoms with Crippen molar-refractivity contribution in [1.82, 2.24) is 15.0 Å². The van der Waals surface area contributed by atoms with Crippen molar-refractivity contribution in [2.75, 3.05) is 23.7 Å². The van der Waals surface area contributed by atoms with Gasteiger partial charge < -0.3 is 4.90 Å². The normalized spacial score (nSPS) is 11.9. The summed E-state index contributed by atoms with van der Waals surface area (Å²) in [5.41, 5.74) is 1.26. The molecule has 0 aliphatic carbocycles. The zero-order chi connectivity index (χ0) is 23.7. The maximum Gasteiger partial charge on any atom is 0.222 e. The van der Waals surface area contributed by atoms with E-state index in [9.17, 15) is 17.4 Å². The van der Waals surface area contributed by atoms with E-state index in [1.807, 2.05) is 14.1 Å². The number of nitrogens with zero attached hydrogens (tertiary/aromatic N) is 4. The number of aromatic nitrogens is 3. The monoisotopic (exact) mass is 509 g/mol. The van der Waals surface area contributed by atoms with Gasteiger partial charge in [-0.05, 0) is 48.0 Å². The number of thiazole rings is 1. The van der Waals surface area contributed by atoms with Crippen LogP contribution in [0.2, 0.25) is 5.28 Å². The number of rotatable bonds is 6. The molecule has 4 rings (SSSR count). The van der Waals surface area contributed by atoms with Crippen LogP contribution in [0.15, 0.2) is 53.6 Å². The zero-order valence-corrected chi connectivity index (χ0v) is 19.5. The third-order valence-corrected chi connectivity index (χ3v) is 7.00. The molecule has 0 fully saturated rings. The van der Waals surface area contributed by atoms with Crippen molar-refractivity contribution in [2.24, 2.45) is 0 Å². The molecule has 0 aliphatic heterocycles. The molecule has 0 saturated carbocycles. The summed E-state index contributed by atoms with van der Waals surface area (Å²) in [6, 6.07) is 8.78. The first-order valence-corrected chi connectivity index (χ1v) is 11.7. The van der Waals surface area contributed by atoms with E-state index in [4.69, 9.17) is 11.6 Å². The van der Waals surface area contributed by atoms with Crippen LogP contribution in [0.5, 0.6) is 0 Å². The average molecular weight is 510 g/mol. The molecule has 0 aliphatic rings. The van der Waals surface area contributed by atoms with Gasteiger partial charge >= 0.3 is 0 Å². The fraction of sp³-hybridized carbons (Fsp3) is 0.0952. The van der Waals surface area contributed by atoms with Gasteiger partial charge in [-0.1, -0.05) is 17.4 Å². The second-order valence-electron chi connectivity index (χ2n) is 6.90. The predicted molar refractivity (Wildman–Crippen MR) is 124 cm³/mol. The van der Waals surface area contributed by atoms with Crippen LogP contribution in [-0.2, 0) is 11.0 Å². The summed E-state index contributed by atoms with van der Waals surface area (Å²) in [4.78, 5) is 14.5. The molecule has 1 unspecified atom stereocenters. The average Bonchev–Trinajstić information content (AvgIpc) is 3.21. The minimum atomic E-state index is -2.38. The topological polar surface area (TPSA) is 71.0 Å². The van der Waals surface area contributed by atoms with Crippen molar-refractivity contribution in [3.63, 3.8) is 0 Å². The van der Waals surface area contributed by atoms with E-state index in [0.29, 0.717) is 27.0 Å². The Labute approximate surface area is 198 Å². The Balaban J connectivity index is 1.77. The van der Waals surface area contributed by atoms with E-state index >= 15 is 0 Å². The molecule has 2 heterocycles. The molecule has 6 nitrogen and oxygen atoms in total. The van der Waals surface area contributed by atoms with Gasteiger partial charge in [0, 0.05) is 25.9 Å².